The molecule has 1 saturated heterocycles. The van der Waals surface area contributed by atoms with Gasteiger partial charge in [-0.1, -0.05) is 6.07 Å². The molecule has 0 aliphatic carbocycles. The number of ether oxygens (including phenoxy) is 1. The van der Waals surface area contributed by atoms with E-state index in [1.165, 1.54) is 0 Å². The molecule has 0 aromatic heterocycles. The van der Waals surface area contributed by atoms with E-state index in [4.69, 9.17) is 4.74 Å². The van der Waals surface area contributed by atoms with E-state index in [-0.39, 0.29) is 18.1 Å². The topological polar surface area (TPSA) is 41.6 Å². The Morgan fingerprint density at radius 3 is 2.95 bits per heavy atom. The molecule has 1 amide bonds. The predicted molar refractivity (Wildman–Crippen MR) is 75.6 cm³/mol. The fraction of sp³-hybridized carbons (Fsp3) is 0.533. The van der Waals surface area contributed by atoms with Crippen molar-refractivity contribution in [1.82, 2.24) is 10.2 Å². The van der Waals surface area contributed by atoms with Gasteiger partial charge in [-0.25, -0.2) is 0 Å². The lowest BCUT2D eigenvalue weighted by Crippen LogP contribution is -2.52. The largest absolute Gasteiger partial charge is 0.491 e. The van der Waals surface area contributed by atoms with E-state index < -0.39 is 0 Å². The van der Waals surface area contributed by atoms with E-state index >= 15 is 0 Å². The lowest BCUT2D eigenvalue weighted by Gasteiger charge is -2.34. The van der Waals surface area contributed by atoms with Crippen LogP contribution in [0.15, 0.2) is 24.3 Å². The monoisotopic (exact) mass is 262 g/mol. The zero-order valence-corrected chi connectivity index (χ0v) is 11.8. The number of nitrogens with one attached hydrogen (secondary N) is 1. The summed E-state index contributed by atoms with van der Waals surface area (Å²) >= 11 is 0. The molecule has 19 heavy (non-hydrogen) atoms. The number of amides is 1. The van der Waals surface area contributed by atoms with Gasteiger partial charge in [-0.05, 0) is 39.0 Å². The van der Waals surface area contributed by atoms with Crippen LogP contribution >= 0.6 is 0 Å². The third kappa shape index (κ3) is 3.47. The second-order valence-electron chi connectivity index (χ2n) is 5.25. The summed E-state index contributed by atoms with van der Waals surface area (Å²) in [6, 6.07) is 7.67. The van der Waals surface area contributed by atoms with Crippen molar-refractivity contribution in [1.29, 1.82) is 0 Å². The minimum Gasteiger partial charge on any atom is -0.491 e. The zero-order chi connectivity index (χ0) is 13.8. The van der Waals surface area contributed by atoms with Crippen molar-refractivity contribution in [3.63, 3.8) is 0 Å². The van der Waals surface area contributed by atoms with E-state index in [1.54, 1.807) is 0 Å². The number of piperazine rings is 1. The van der Waals surface area contributed by atoms with E-state index in [0.29, 0.717) is 5.56 Å². The van der Waals surface area contributed by atoms with Gasteiger partial charge in [0.2, 0.25) is 0 Å². The highest BCUT2D eigenvalue weighted by Gasteiger charge is 2.24. The van der Waals surface area contributed by atoms with Crippen molar-refractivity contribution in [3.8, 4) is 5.75 Å². The number of rotatable bonds is 3. The lowest BCUT2D eigenvalue weighted by atomic mass is 10.1. The van der Waals surface area contributed by atoms with Crippen LogP contribution in [0.5, 0.6) is 5.75 Å². The van der Waals surface area contributed by atoms with Crippen LogP contribution in [-0.2, 0) is 0 Å². The van der Waals surface area contributed by atoms with E-state index in [1.807, 2.05) is 43.0 Å². The Bertz CT molecular complexity index is 446. The molecular weight excluding hydrogens is 240 g/mol. The van der Waals surface area contributed by atoms with Crippen LogP contribution in [0.25, 0.3) is 0 Å². The molecule has 1 aliphatic rings. The van der Waals surface area contributed by atoms with Gasteiger partial charge in [-0.15, -0.1) is 0 Å². The molecule has 2 rings (SSSR count). The van der Waals surface area contributed by atoms with Gasteiger partial charge in [0.1, 0.15) is 5.75 Å². The van der Waals surface area contributed by atoms with Crippen molar-refractivity contribution in [2.24, 2.45) is 0 Å². The molecule has 1 aromatic carbocycles. The fourth-order valence-electron chi connectivity index (χ4n) is 2.28. The maximum atomic E-state index is 12.5. The van der Waals surface area contributed by atoms with Crippen molar-refractivity contribution in [2.75, 3.05) is 19.6 Å². The van der Waals surface area contributed by atoms with E-state index in [2.05, 4.69) is 12.2 Å². The average molecular weight is 262 g/mol. The molecule has 104 valence electrons. The van der Waals surface area contributed by atoms with Crippen LogP contribution < -0.4 is 10.1 Å². The number of nitrogens with zero attached hydrogens (tertiary/aromatic N) is 1. The Balaban J connectivity index is 2.14. The smallest absolute Gasteiger partial charge is 0.254 e. The zero-order valence-electron chi connectivity index (χ0n) is 11.8. The summed E-state index contributed by atoms with van der Waals surface area (Å²) in [6.07, 6.45) is 0.114. The van der Waals surface area contributed by atoms with Gasteiger partial charge >= 0.3 is 0 Å². The SMILES string of the molecule is CC(C)Oc1cccc(C(=O)N2CCNCC2C)c1. The highest BCUT2D eigenvalue weighted by atomic mass is 16.5. The second kappa shape index (κ2) is 6.06. The van der Waals surface area contributed by atoms with Crippen LogP contribution in [0.2, 0.25) is 0 Å². The molecule has 1 unspecified atom stereocenters. The fourth-order valence-corrected chi connectivity index (χ4v) is 2.28. The van der Waals surface area contributed by atoms with Gasteiger partial charge in [-0.2, -0.15) is 0 Å². The Labute approximate surface area is 114 Å². The third-order valence-corrected chi connectivity index (χ3v) is 3.21. The van der Waals surface area contributed by atoms with Crippen LogP contribution in [0.3, 0.4) is 0 Å². The first-order chi connectivity index (χ1) is 9.08. The first kappa shape index (κ1) is 13.9. The number of carbonyl (C=O) groups excluding carboxylic acids is 1. The van der Waals surface area contributed by atoms with Gasteiger partial charge in [-0.3, -0.25) is 4.79 Å². The number of benzene rings is 1. The molecule has 4 heteroatoms. The van der Waals surface area contributed by atoms with Crippen molar-refractivity contribution in [2.45, 2.75) is 32.9 Å². The van der Waals surface area contributed by atoms with Crippen LogP contribution in [0.4, 0.5) is 0 Å². The highest BCUT2D eigenvalue weighted by Crippen LogP contribution is 2.17. The summed E-state index contributed by atoms with van der Waals surface area (Å²) in [5, 5.41) is 3.29. The third-order valence-electron chi connectivity index (χ3n) is 3.21. The molecule has 1 N–H and O–H groups in total. The summed E-state index contributed by atoms with van der Waals surface area (Å²) in [6.45, 7) is 8.50. The highest BCUT2D eigenvalue weighted by molar-refractivity contribution is 5.94. The van der Waals surface area contributed by atoms with Crippen LogP contribution in [0, 0.1) is 0 Å². The summed E-state index contributed by atoms with van der Waals surface area (Å²) in [5.74, 6) is 0.840. The Hall–Kier alpha value is -1.55. The normalized spacial score (nSPS) is 19.6. The molecule has 1 fully saturated rings. The average Bonchev–Trinajstić information content (AvgIpc) is 2.38. The van der Waals surface area contributed by atoms with E-state index in [0.717, 1.165) is 25.4 Å². The van der Waals surface area contributed by atoms with Gasteiger partial charge in [0.25, 0.3) is 5.91 Å². The summed E-state index contributed by atoms with van der Waals surface area (Å²) < 4.78 is 5.64. The quantitative estimate of drug-likeness (QED) is 0.904. The summed E-state index contributed by atoms with van der Waals surface area (Å²) in [7, 11) is 0. The van der Waals surface area contributed by atoms with Crippen LogP contribution in [0.1, 0.15) is 31.1 Å². The minimum atomic E-state index is 0.0863. The first-order valence-corrected chi connectivity index (χ1v) is 6.86. The molecule has 1 aliphatic heterocycles. The first-order valence-electron chi connectivity index (χ1n) is 6.86. The molecule has 1 atom stereocenters. The van der Waals surface area contributed by atoms with Gasteiger partial charge in [0.15, 0.2) is 0 Å². The number of hydrogen-bond donors (Lipinski definition) is 1. The Kier molecular flexibility index (Phi) is 4.43. The Morgan fingerprint density at radius 2 is 2.26 bits per heavy atom. The molecular formula is C15H22N2O2. The molecule has 0 bridgehead atoms. The maximum Gasteiger partial charge on any atom is 0.254 e. The molecule has 4 nitrogen and oxygen atoms in total. The van der Waals surface area contributed by atoms with Gasteiger partial charge in [0.05, 0.1) is 6.10 Å². The van der Waals surface area contributed by atoms with Crippen molar-refractivity contribution >= 4 is 5.91 Å². The van der Waals surface area contributed by atoms with Crippen molar-refractivity contribution < 1.29 is 9.53 Å². The second-order valence-corrected chi connectivity index (χ2v) is 5.25. The maximum absolute atomic E-state index is 12.5. The molecule has 0 spiro atoms. The molecule has 0 radical (unpaired) electrons. The van der Waals surface area contributed by atoms with Crippen LogP contribution in [-0.4, -0.2) is 42.6 Å². The summed E-state index contributed by atoms with van der Waals surface area (Å²) in [4.78, 5) is 14.4. The molecule has 0 saturated carbocycles. The molecule has 1 heterocycles. The summed E-state index contributed by atoms with van der Waals surface area (Å²) in [5.41, 5.74) is 0.701. The lowest BCUT2D eigenvalue weighted by molar-refractivity contribution is 0.0655. The Morgan fingerprint density at radius 1 is 1.47 bits per heavy atom. The van der Waals surface area contributed by atoms with Crippen molar-refractivity contribution in [3.05, 3.63) is 29.8 Å². The molecule has 1 aromatic rings. The number of hydrogen-bond acceptors (Lipinski definition) is 3. The number of carbonyl (C=O) groups is 1. The van der Waals surface area contributed by atoms with E-state index in [9.17, 15) is 4.79 Å². The standard InChI is InChI=1S/C15H22N2O2/c1-11(2)19-14-6-4-5-13(9-14)15(18)17-8-7-16-10-12(17)3/h4-6,9,11-12,16H,7-8,10H2,1-3H3. The van der Waals surface area contributed by atoms with Gasteiger partial charge < -0.3 is 15.0 Å². The predicted octanol–water partition coefficient (Wildman–Crippen LogP) is 1.91. The minimum absolute atomic E-state index is 0.0863. The van der Waals surface area contributed by atoms with Gasteiger partial charge in [0, 0.05) is 31.2 Å².